The summed E-state index contributed by atoms with van der Waals surface area (Å²) in [4.78, 5) is 17.3. The number of nitrogens with zero attached hydrogens (tertiary/aromatic N) is 2. The lowest BCUT2D eigenvalue weighted by molar-refractivity contribution is -0.127. The maximum atomic E-state index is 12.2. The smallest absolute Gasteiger partial charge is 0.137 e. The van der Waals surface area contributed by atoms with Crippen molar-refractivity contribution in [2.24, 2.45) is 17.8 Å². The SMILES string of the molecule is CC(C)C1CCC(=O)C(CN2CCN(C(C)(C)C)CC2)C1. The topological polar surface area (TPSA) is 23.6 Å². The van der Waals surface area contributed by atoms with Crippen molar-refractivity contribution in [2.75, 3.05) is 32.7 Å². The lowest BCUT2D eigenvalue weighted by Crippen LogP contribution is -2.54. The molecule has 2 aliphatic rings. The van der Waals surface area contributed by atoms with Crippen molar-refractivity contribution < 1.29 is 4.79 Å². The van der Waals surface area contributed by atoms with Crippen molar-refractivity contribution in [3.63, 3.8) is 0 Å². The molecule has 1 aliphatic heterocycles. The molecule has 0 radical (unpaired) electrons. The summed E-state index contributed by atoms with van der Waals surface area (Å²) in [5, 5.41) is 0. The van der Waals surface area contributed by atoms with E-state index in [1.807, 2.05) is 0 Å². The first-order valence-corrected chi connectivity index (χ1v) is 8.77. The fourth-order valence-corrected chi connectivity index (χ4v) is 3.84. The first-order valence-electron chi connectivity index (χ1n) is 8.77. The van der Waals surface area contributed by atoms with Crippen LogP contribution in [0.15, 0.2) is 0 Å². The van der Waals surface area contributed by atoms with Gasteiger partial charge in [0.2, 0.25) is 0 Å². The average Bonchev–Trinajstić information content (AvgIpc) is 2.40. The Kier molecular flexibility index (Phi) is 5.48. The van der Waals surface area contributed by atoms with Gasteiger partial charge in [0, 0.05) is 50.6 Å². The Balaban J connectivity index is 1.83. The van der Waals surface area contributed by atoms with E-state index in [9.17, 15) is 4.79 Å². The maximum absolute atomic E-state index is 12.2. The average molecular weight is 294 g/mol. The van der Waals surface area contributed by atoms with Gasteiger partial charge in [-0.2, -0.15) is 0 Å². The van der Waals surface area contributed by atoms with E-state index in [0.717, 1.165) is 63.8 Å². The number of piperazine rings is 1. The second-order valence-electron chi connectivity index (χ2n) is 8.40. The summed E-state index contributed by atoms with van der Waals surface area (Å²) in [6, 6.07) is 0. The number of Topliss-reactive ketones (excluding diaryl/α,β-unsaturated/α-hetero) is 1. The van der Waals surface area contributed by atoms with Crippen molar-refractivity contribution in [1.29, 1.82) is 0 Å². The molecule has 0 aromatic rings. The molecule has 1 saturated heterocycles. The third-order valence-electron chi connectivity index (χ3n) is 5.55. The maximum Gasteiger partial charge on any atom is 0.137 e. The van der Waals surface area contributed by atoms with E-state index in [4.69, 9.17) is 0 Å². The van der Waals surface area contributed by atoms with Gasteiger partial charge in [0.1, 0.15) is 5.78 Å². The van der Waals surface area contributed by atoms with Crippen LogP contribution in [0.5, 0.6) is 0 Å². The molecule has 2 unspecified atom stereocenters. The van der Waals surface area contributed by atoms with Crippen molar-refractivity contribution in [3.8, 4) is 0 Å². The normalized spacial score (nSPS) is 30.1. The van der Waals surface area contributed by atoms with Gasteiger partial charge in [0.05, 0.1) is 0 Å². The van der Waals surface area contributed by atoms with Gasteiger partial charge < -0.3 is 4.90 Å². The molecule has 21 heavy (non-hydrogen) atoms. The number of carbonyl (C=O) groups is 1. The van der Waals surface area contributed by atoms with Crippen LogP contribution in [-0.2, 0) is 4.79 Å². The van der Waals surface area contributed by atoms with Crippen LogP contribution in [0.3, 0.4) is 0 Å². The van der Waals surface area contributed by atoms with E-state index in [0.29, 0.717) is 11.7 Å². The molecule has 2 fully saturated rings. The second-order valence-corrected chi connectivity index (χ2v) is 8.40. The summed E-state index contributed by atoms with van der Waals surface area (Å²) >= 11 is 0. The Bertz CT molecular complexity index is 351. The summed E-state index contributed by atoms with van der Waals surface area (Å²) in [6.45, 7) is 17.0. The highest BCUT2D eigenvalue weighted by atomic mass is 16.1. The van der Waals surface area contributed by atoms with Crippen molar-refractivity contribution >= 4 is 5.78 Å². The summed E-state index contributed by atoms with van der Waals surface area (Å²) in [6.07, 6.45) is 3.05. The number of carbonyl (C=O) groups excluding carboxylic acids is 1. The first-order chi connectivity index (χ1) is 9.77. The highest BCUT2D eigenvalue weighted by Crippen LogP contribution is 2.32. The van der Waals surface area contributed by atoms with E-state index in [2.05, 4.69) is 44.4 Å². The predicted molar refractivity (Wildman–Crippen MR) is 88.4 cm³/mol. The van der Waals surface area contributed by atoms with Gasteiger partial charge in [0.15, 0.2) is 0 Å². The Hall–Kier alpha value is -0.410. The van der Waals surface area contributed by atoms with Crippen molar-refractivity contribution in [3.05, 3.63) is 0 Å². The molecule has 3 heteroatoms. The Morgan fingerprint density at radius 3 is 2.29 bits per heavy atom. The van der Waals surface area contributed by atoms with Gasteiger partial charge in [0.25, 0.3) is 0 Å². The molecule has 3 nitrogen and oxygen atoms in total. The van der Waals surface area contributed by atoms with Gasteiger partial charge in [-0.1, -0.05) is 13.8 Å². The van der Waals surface area contributed by atoms with E-state index < -0.39 is 0 Å². The molecule has 0 bridgehead atoms. The lowest BCUT2D eigenvalue weighted by Gasteiger charge is -2.43. The number of hydrogen-bond donors (Lipinski definition) is 0. The summed E-state index contributed by atoms with van der Waals surface area (Å²) in [5.74, 6) is 2.29. The zero-order valence-corrected chi connectivity index (χ0v) is 14.7. The van der Waals surface area contributed by atoms with Crippen LogP contribution < -0.4 is 0 Å². The van der Waals surface area contributed by atoms with Crippen LogP contribution in [0.1, 0.15) is 53.9 Å². The number of rotatable bonds is 3. The summed E-state index contributed by atoms with van der Waals surface area (Å²) in [7, 11) is 0. The first kappa shape index (κ1) is 17.0. The molecule has 1 saturated carbocycles. The molecule has 0 amide bonds. The number of ketones is 1. The molecular weight excluding hydrogens is 260 g/mol. The lowest BCUT2D eigenvalue weighted by atomic mass is 9.75. The molecule has 0 aromatic heterocycles. The Labute approximate surface area is 131 Å². The molecule has 122 valence electrons. The molecule has 1 aliphatic carbocycles. The van der Waals surface area contributed by atoms with Gasteiger partial charge in [-0.05, 0) is 45.4 Å². The Morgan fingerprint density at radius 1 is 1.14 bits per heavy atom. The van der Waals surface area contributed by atoms with Gasteiger partial charge in [-0.15, -0.1) is 0 Å². The van der Waals surface area contributed by atoms with Crippen LogP contribution in [0.25, 0.3) is 0 Å². The molecule has 2 atom stereocenters. The van der Waals surface area contributed by atoms with Crippen LogP contribution >= 0.6 is 0 Å². The summed E-state index contributed by atoms with van der Waals surface area (Å²) in [5.41, 5.74) is 0.273. The Morgan fingerprint density at radius 2 is 1.76 bits per heavy atom. The highest BCUT2D eigenvalue weighted by Gasteiger charge is 2.33. The minimum Gasteiger partial charge on any atom is -0.300 e. The van der Waals surface area contributed by atoms with Gasteiger partial charge >= 0.3 is 0 Å². The van der Waals surface area contributed by atoms with Crippen LogP contribution in [0.2, 0.25) is 0 Å². The van der Waals surface area contributed by atoms with E-state index in [1.165, 1.54) is 0 Å². The third kappa shape index (κ3) is 4.53. The minimum atomic E-state index is 0.273. The van der Waals surface area contributed by atoms with Crippen molar-refractivity contribution in [1.82, 2.24) is 9.80 Å². The zero-order chi connectivity index (χ0) is 15.6. The molecule has 0 spiro atoms. The van der Waals surface area contributed by atoms with Crippen LogP contribution in [0, 0.1) is 17.8 Å². The zero-order valence-electron chi connectivity index (χ0n) is 14.7. The molecule has 2 rings (SSSR count). The van der Waals surface area contributed by atoms with Crippen LogP contribution in [-0.4, -0.2) is 53.8 Å². The van der Waals surface area contributed by atoms with E-state index in [-0.39, 0.29) is 5.54 Å². The van der Waals surface area contributed by atoms with Gasteiger partial charge in [-0.25, -0.2) is 0 Å². The molecule has 0 aromatic carbocycles. The molecule has 0 N–H and O–H groups in total. The third-order valence-corrected chi connectivity index (χ3v) is 5.55. The van der Waals surface area contributed by atoms with Gasteiger partial charge in [-0.3, -0.25) is 9.69 Å². The monoisotopic (exact) mass is 294 g/mol. The predicted octanol–water partition coefficient (Wildman–Crippen LogP) is 3.04. The second kappa shape index (κ2) is 6.78. The molecular formula is C18H34N2O. The fourth-order valence-electron chi connectivity index (χ4n) is 3.84. The van der Waals surface area contributed by atoms with E-state index in [1.54, 1.807) is 0 Å². The summed E-state index contributed by atoms with van der Waals surface area (Å²) < 4.78 is 0. The quantitative estimate of drug-likeness (QED) is 0.799. The standard InChI is InChI=1S/C18H34N2O/c1-14(2)15-6-7-17(21)16(12-15)13-19-8-10-20(11-9-19)18(3,4)5/h14-16H,6-13H2,1-5H3. The fraction of sp³-hybridized carbons (Fsp3) is 0.944. The van der Waals surface area contributed by atoms with Crippen LogP contribution in [0.4, 0.5) is 0 Å². The number of hydrogen-bond acceptors (Lipinski definition) is 3. The highest BCUT2D eigenvalue weighted by molar-refractivity contribution is 5.82. The minimum absolute atomic E-state index is 0.273. The largest absolute Gasteiger partial charge is 0.300 e. The van der Waals surface area contributed by atoms with E-state index >= 15 is 0 Å². The molecule has 1 heterocycles. The van der Waals surface area contributed by atoms with Crippen molar-refractivity contribution in [2.45, 2.75) is 59.4 Å².